The predicted octanol–water partition coefficient (Wildman–Crippen LogP) is 2.81. The van der Waals surface area contributed by atoms with E-state index >= 15 is 0 Å². The van der Waals surface area contributed by atoms with Crippen LogP contribution in [0.3, 0.4) is 0 Å². The van der Waals surface area contributed by atoms with E-state index in [0.717, 1.165) is 16.5 Å². The molecule has 0 spiro atoms. The Morgan fingerprint density at radius 1 is 1.33 bits per heavy atom. The van der Waals surface area contributed by atoms with E-state index in [0.29, 0.717) is 22.9 Å². The summed E-state index contributed by atoms with van der Waals surface area (Å²) in [5.74, 6) is 0. The smallest absolute Gasteiger partial charge is 0.244 e. The van der Waals surface area contributed by atoms with Gasteiger partial charge in [-0.2, -0.15) is 4.31 Å². The monoisotopic (exact) mass is 325 g/mol. The first-order chi connectivity index (χ1) is 9.85. The maximum absolute atomic E-state index is 13.0. The number of nitrogens with zero attached hydrogens (tertiary/aromatic N) is 1. The van der Waals surface area contributed by atoms with Crippen molar-refractivity contribution < 1.29 is 13.5 Å². The van der Waals surface area contributed by atoms with Crippen molar-refractivity contribution in [2.45, 2.75) is 31.8 Å². The zero-order valence-corrected chi connectivity index (χ0v) is 13.8. The van der Waals surface area contributed by atoms with E-state index in [9.17, 15) is 13.5 Å². The van der Waals surface area contributed by atoms with Crippen LogP contribution in [0.2, 0.25) is 0 Å². The first-order valence-corrected chi connectivity index (χ1v) is 9.22. The average molecular weight is 325 g/mol. The lowest BCUT2D eigenvalue weighted by Crippen LogP contribution is -2.30. The molecule has 1 aliphatic heterocycles. The van der Waals surface area contributed by atoms with Crippen LogP contribution in [0.25, 0.3) is 10.1 Å². The summed E-state index contributed by atoms with van der Waals surface area (Å²) in [6, 6.07) is 7.43. The van der Waals surface area contributed by atoms with Gasteiger partial charge in [-0.05, 0) is 17.9 Å². The number of benzene rings is 1. The molecular weight excluding hydrogens is 306 g/mol. The van der Waals surface area contributed by atoms with E-state index in [1.807, 2.05) is 24.3 Å². The standard InChI is InChI=1S/C15H19NO3S2/c1-15(2)7-8-16(10-15)21(18,19)14-11-5-3-4-6-12(11)20-13(14)9-17/h3-6,17H,7-10H2,1-2H3. The maximum atomic E-state index is 13.0. The molecule has 2 aromatic rings. The van der Waals surface area contributed by atoms with Crippen LogP contribution in [0, 0.1) is 5.41 Å². The lowest BCUT2D eigenvalue weighted by atomic mass is 9.93. The van der Waals surface area contributed by atoms with Crippen LogP contribution in [0.4, 0.5) is 0 Å². The molecule has 0 atom stereocenters. The minimum absolute atomic E-state index is 0.0122. The second kappa shape index (κ2) is 5.05. The van der Waals surface area contributed by atoms with Gasteiger partial charge in [-0.25, -0.2) is 8.42 Å². The Balaban J connectivity index is 2.15. The fourth-order valence-electron chi connectivity index (χ4n) is 2.86. The zero-order chi connectivity index (χ0) is 15.3. The topological polar surface area (TPSA) is 57.6 Å². The summed E-state index contributed by atoms with van der Waals surface area (Å²) in [7, 11) is -3.55. The number of rotatable bonds is 3. The molecule has 0 bridgehead atoms. The molecule has 2 heterocycles. The highest BCUT2D eigenvalue weighted by Gasteiger charge is 2.38. The van der Waals surface area contributed by atoms with E-state index in [4.69, 9.17) is 0 Å². The summed E-state index contributed by atoms with van der Waals surface area (Å²) < 4.78 is 28.5. The van der Waals surface area contributed by atoms with Crippen LogP contribution in [-0.2, 0) is 16.6 Å². The van der Waals surface area contributed by atoms with Crippen molar-refractivity contribution in [3.8, 4) is 0 Å². The van der Waals surface area contributed by atoms with Crippen LogP contribution in [0.15, 0.2) is 29.2 Å². The number of sulfonamides is 1. The van der Waals surface area contributed by atoms with Gasteiger partial charge in [-0.3, -0.25) is 0 Å². The first-order valence-electron chi connectivity index (χ1n) is 6.96. The van der Waals surface area contributed by atoms with E-state index in [-0.39, 0.29) is 12.0 Å². The summed E-state index contributed by atoms with van der Waals surface area (Å²) in [6.07, 6.45) is 0.864. The van der Waals surface area contributed by atoms with Crippen molar-refractivity contribution >= 4 is 31.4 Å². The van der Waals surface area contributed by atoms with Gasteiger partial charge in [0.15, 0.2) is 0 Å². The summed E-state index contributed by atoms with van der Waals surface area (Å²) in [6.45, 7) is 5.00. The highest BCUT2D eigenvalue weighted by molar-refractivity contribution is 7.89. The molecular formula is C15H19NO3S2. The molecule has 4 nitrogen and oxygen atoms in total. The largest absolute Gasteiger partial charge is 0.391 e. The number of aliphatic hydroxyl groups excluding tert-OH is 1. The van der Waals surface area contributed by atoms with Crippen molar-refractivity contribution in [2.24, 2.45) is 5.41 Å². The normalized spacial score (nSPS) is 19.4. The summed E-state index contributed by atoms with van der Waals surface area (Å²) in [5, 5.41) is 10.3. The highest BCUT2D eigenvalue weighted by Crippen LogP contribution is 2.39. The summed E-state index contributed by atoms with van der Waals surface area (Å²) in [4.78, 5) is 0.823. The quantitative estimate of drug-likeness (QED) is 0.944. The molecule has 21 heavy (non-hydrogen) atoms. The summed E-state index contributed by atoms with van der Waals surface area (Å²) in [5.41, 5.74) is 0.0122. The predicted molar refractivity (Wildman–Crippen MR) is 84.9 cm³/mol. The van der Waals surface area contributed by atoms with Crippen molar-refractivity contribution in [3.63, 3.8) is 0 Å². The molecule has 0 amide bonds. The van der Waals surface area contributed by atoms with E-state index in [1.54, 1.807) is 4.31 Å². The van der Waals surface area contributed by atoms with Gasteiger partial charge >= 0.3 is 0 Å². The van der Waals surface area contributed by atoms with Gasteiger partial charge in [0.1, 0.15) is 4.90 Å². The molecule has 6 heteroatoms. The molecule has 0 saturated carbocycles. The Morgan fingerprint density at radius 3 is 2.67 bits per heavy atom. The second-order valence-electron chi connectivity index (χ2n) is 6.26. The third kappa shape index (κ3) is 2.50. The van der Waals surface area contributed by atoms with Gasteiger partial charge in [-0.1, -0.05) is 32.0 Å². The van der Waals surface area contributed by atoms with Crippen LogP contribution in [0.1, 0.15) is 25.1 Å². The number of fused-ring (bicyclic) bond motifs is 1. The Hall–Kier alpha value is -0.950. The maximum Gasteiger partial charge on any atom is 0.244 e. The third-order valence-corrected chi connectivity index (χ3v) is 7.26. The summed E-state index contributed by atoms with van der Waals surface area (Å²) >= 11 is 1.35. The molecule has 1 fully saturated rings. The molecule has 0 radical (unpaired) electrons. The first kappa shape index (κ1) is 15.0. The Bertz CT molecular complexity index is 777. The van der Waals surface area contributed by atoms with Crippen molar-refractivity contribution in [3.05, 3.63) is 29.1 Å². The minimum atomic E-state index is -3.55. The minimum Gasteiger partial charge on any atom is -0.391 e. The average Bonchev–Trinajstić information content (AvgIpc) is 2.98. The highest BCUT2D eigenvalue weighted by atomic mass is 32.2. The van der Waals surface area contributed by atoms with Crippen LogP contribution in [-0.4, -0.2) is 30.9 Å². The van der Waals surface area contributed by atoms with Gasteiger partial charge in [0.05, 0.1) is 11.5 Å². The van der Waals surface area contributed by atoms with Gasteiger partial charge in [0.2, 0.25) is 10.0 Å². The van der Waals surface area contributed by atoms with Crippen molar-refractivity contribution in [2.75, 3.05) is 13.1 Å². The lowest BCUT2D eigenvalue weighted by molar-refractivity contribution is 0.282. The SMILES string of the molecule is CC1(C)CCN(S(=O)(=O)c2c(CO)sc3ccccc23)C1. The molecule has 0 unspecified atom stereocenters. The molecule has 3 rings (SSSR count). The fourth-order valence-corrected chi connectivity index (χ4v) is 6.24. The molecule has 1 saturated heterocycles. The molecule has 1 aliphatic rings. The van der Waals surface area contributed by atoms with Gasteiger partial charge in [-0.15, -0.1) is 11.3 Å². The van der Waals surface area contributed by atoms with Crippen molar-refractivity contribution in [1.29, 1.82) is 0 Å². The lowest BCUT2D eigenvalue weighted by Gasteiger charge is -2.20. The van der Waals surface area contributed by atoms with E-state index in [2.05, 4.69) is 13.8 Å². The Labute approximate surface area is 129 Å². The molecule has 114 valence electrons. The number of hydrogen-bond acceptors (Lipinski definition) is 4. The van der Waals surface area contributed by atoms with Crippen LogP contribution >= 0.6 is 11.3 Å². The van der Waals surface area contributed by atoms with Gasteiger partial charge in [0.25, 0.3) is 0 Å². The number of hydrogen-bond donors (Lipinski definition) is 1. The van der Waals surface area contributed by atoms with Crippen LogP contribution in [0.5, 0.6) is 0 Å². The van der Waals surface area contributed by atoms with E-state index < -0.39 is 10.0 Å². The zero-order valence-electron chi connectivity index (χ0n) is 12.2. The fraction of sp³-hybridized carbons (Fsp3) is 0.467. The molecule has 1 aromatic carbocycles. The Kier molecular flexibility index (Phi) is 3.60. The molecule has 0 aliphatic carbocycles. The van der Waals surface area contributed by atoms with Gasteiger partial charge < -0.3 is 5.11 Å². The second-order valence-corrected chi connectivity index (χ2v) is 9.27. The number of aliphatic hydroxyl groups is 1. The number of thiophene rings is 1. The Morgan fingerprint density at radius 2 is 2.05 bits per heavy atom. The van der Waals surface area contributed by atoms with Crippen LogP contribution < -0.4 is 0 Å². The third-order valence-electron chi connectivity index (χ3n) is 4.00. The van der Waals surface area contributed by atoms with Gasteiger partial charge in [0, 0.05) is 23.2 Å². The van der Waals surface area contributed by atoms with Crippen molar-refractivity contribution in [1.82, 2.24) is 4.31 Å². The molecule has 1 N–H and O–H groups in total. The van der Waals surface area contributed by atoms with E-state index in [1.165, 1.54) is 11.3 Å². The molecule has 1 aromatic heterocycles.